The molecule has 0 aromatic heterocycles. The van der Waals surface area contributed by atoms with Gasteiger partial charge in [0.15, 0.2) is 0 Å². The molecule has 0 saturated carbocycles. The second kappa shape index (κ2) is 5.16. The van der Waals surface area contributed by atoms with Gasteiger partial charge in [-0.15, -0.1) is 0 Å². The second-order valence-electron chi connectivity index (χ2n) is 5.21. The van der Waals surface area contributed by atoms with Crippen molar-refractivity contribution >= 4 is 0 Å². The van der Waals surface area contributed by atoms with E-state index >= 15 is 0 Å². The molecule has 19 heavy (non-hydrogen) atoms. The molecule has 1 aliphatic heterocycles. The highest BCUT2D eigenvalue weighted by Crippen LogP contribution is 2.38. The van der Waals surface area contributed by atoms with E-state index in [1.54, 1.807) is 0 Å². The number of hydrogen-bond acceptors (Lipinski definition) is 2. The van der Waals surface area contributed by atoms with E-state index < -0.39 is 0 Å². The Morgan fingerprint density at radius 3 is 2.05 bits per heavy atom. The van der Waals surface area contributed by atoms with Crippen LogP contribution in [0.15, 0.2) is 60.7 Å². The van der Waals surface area contributed by atoms with E-state index in [4.69, 9.17) is 0 Å². The van der Waals surface area contributed by atoms with Gasteiger partial charge in [0.05, 0.1) is 12.1 Å². The maximum atomic E-state index is 10.4. The van der Waals surface area contributed by atoms with Crippen LogP contribution < -0.4 is 0 Å². The lowest BCUT2D eigenvalue weighted by Gasteiger charge is -2.17. The van der Waals surface area contributed by atoms with Gasteiger partial charge in [-0.1, -0.05) is 60.7 Å². The highest BCUT2D eigenvalue weighted by molar-refractivity contribution is 5.24. The summed E-state index contributed by atoms with van der Waals surface area (Å²) in [5.74, 6) is 0. The fraction of sp³-hybridized carbons (Fsp3) is 0.294. The summed E-state index contributed by atoms with van der Waals surface area (Å²) in [5.41, 5.74) is 2.32. The third kappa shape index (κ3) is 2.55. The van der Waals surface area contributed by atoms with Crippen molar-refractivity contribution in [3.05, 3.63) is 71.8 Å². The van der Waals surface area contributed by atoms with Crippen molar-refractivity contribution in [3.8, 4) is 0 Å². The molecular formula is C17H19NO. The van der Waals surface area contributed by atoms with Gasteiger partial charge in [-0.3, -0.25) is 4.90 Å². The van der Waals surface area contributed by atoms with Crippen LogP contribution >= 0.6 is 0 Å². The lowest BCUT2D eigenvalue weighted by atomic mass is 10.1. The zero-order chi connectivity index (χ0) is 13.2. The van der Waals surface area contributed by atoms with Crippen molar-refractivity contribution in [3.63, 3.8) is 0 Å². The summed E-state index contributed by atoms with van der Waals surface area (Å²) in [6.07, 6.45) is -0.382. The molecule has 1 saturated heterocycles. The molecule has 2 heteroatoms. The molecule has 4 unspecified atom stereocenters. The van der Waals surface area contributed by atoms with Gasteiger partial charge in [-0.2, -0.15) is 0 Å². The topological polar surface area (TPSA) is 23.2 Å². The summed E-state index contributed by atoms with van der Waals surface area (Å²) in [6, 6.07) is 21.0. The van der Waals surface area contributed by atoms with Crippen LogP contribution in [-0.2, 0) is 0 Å². The maximum absolute atomic E-state index is 10.4. The smallest absolute Gasteiger partial charge is 0.0957 e. The molecule has 0 bridgehead atoms. The molecule has 2 nitrogen and oxygen atoms in total. The molecule has 3 rings (SSSR count). The first-order valence-electron chi connectivity index (χ1n) is 6.81. The minimum atomic E-state index is -0.382. The van der Waals surface area contributed by atoms with Gasteiger partial charge in [0.25, 0.3) is 0 Å². The number of hydrogen-bond donors (Lipinski definition) is 1. The number of rotatable bonds is 4. The summed E-state index contributed by atoms with van der Waals surface area (Å²) in [4.78, 5) is 2.34. The van der Waals surface area contributed by atoms with E-state index in [2.05, 4.69) is 36.1 Å². The third-order valence-corrected chi connectivity index (χ3v) is 3.98. The van der Waals surface area contributed by atoms with Gasteiger partial charge in [0, 0.05) is 12.6 Å². The van der Waals surface area contributed by atoms with E-state index in [1.807, 2.05) is 36.4 Å². The van der Waals surface area contributed by atoms with Gasteiger partial charge in [-0.25, -0.2) is 0 Å². The van der Waals surface area contributed by atoms with Crippen LogP contribution in [0.25, 0.3) is 0 Å². The monoisotopic (exact) mass is 253 g/mol. The lowest BCUT2D eigenvalue weighted by molar-refractivity contribution is 0.151. The minimum Gasteiger partial charge on any atom is -0.387 e. The van der Waals surface area contributed by atoms with Crippen molar-refractivity contribution in [2.24, 2.45) is 0 Å². The molecule has 1 heterocycles. The number of nitrogens with zero attached hydrogens (tertiary/aromatic N) is 1. The highest BCUT2D eigenvalue weighted by atomic mass is 16.3. The third-order valence-electron chi connectivity index (χ3n) is 3.98. The van der Waals surface area contributed by atoms with Crippen molar-refractivity contribution in [1.29, 1.82) is 0 Å². The number of benzene rings is 2. The Morgan fingerprint density at radius 2 is 1.47 bits per heavy atom. The fourth-order valence-electron chi connectivity index (χ4n) is 2.69. The number of aliphatic hydroxyl groups is 1. The van der Waals surface area contributed by atoms with Crippen LogP contribution in [0.5, 0.6) is 0 Å². The summed E-state index contributed by atoms with van der Waals surface area (Å²) in [5, 5.41) is 10.4. The average molecular weight is 253 g/mol. The Morgan fingerprint density at radius 1 is 0.947 bits per heavy atom. The second-order valence-corrected chi connectivity index (χ2v) is 5.21. The van der Waals surface area contributed by atoms with Crippen LogP contribution in [0, 0.1) is 0 Å². The Balaban J connectivity index is 1.68. The van der Waals surface area contributed by atoms with Crippen molar-refractivity contribution in [2.75, 3.05) is 6.54 Å². The van der Waals surface area contributed by atoms with Crippen LogP contribution in [0.4, 0.5) is 0 Å². The van der Waals surface area contributed by atoms with Crippen molar-refractivity contribution in [2.45, 2.75) is 25.1 Å². The lowest BCUT2D eigenvalue weighted by Crippen LogP contribution is -2.14. The van der Waals surface area contributed by atoms with Crippen LogP contribution in [0.3, 0.4) is 0 Å². The normalized spacial score (nSPS) is 24.7. The maximum Gasteiger partial charge on any atom is 0.0957 e. The zero-order valence-corrected chi connectivity index (χ0v) is 11.1. The molecule has 0 spiro atoms. The van der Waals surface area contributed by atoms with Crippen LogP contribution in [0.2, 0.25) is 0 Å². The van der Waals surface area contributed by atoms with Gasteiger partial charge in [0.2, 0.25) is 0 Å². The molecule has 4 atom stereocenters. The summed E-state index contributed by atoms with van der Waals surface area (Å²) in [7, 11) is 0. The zero-order valence-electron chi connectivity index (χ0n) is 11.1. The largest absolute Gasteiger partial charge is 0.387 e. The van der Waals surface area contributed by atoms with E-state index in [1.165, 1.54) is 5.56 Å². The molecule has 0 amide bonds. The Labute approximate surface area is 114 Å². The molecular weight excluding hydrogens is 234 g/mol. The predicted molar refractivity (Wildman–Crippen MR) is 76.8 cm³/mol. The standard InChI is InChI=1S/C17H19NO/c1-13(14-8-4-2-5-9-14)18-12-16(18)17(19)15-10-6-3-7-11-15/h2-11,13,16-17,19H,12H2,1H3. The van der Waals surface area contributed by atoms with Gasteiger partial charge in [0.1, 0.15) is 0 Å². The van der Waals surface area contributed by atoms with E-state index in [0.717, 1.165) is 12.1 Å². The summed E-state index contributed by atoms with van der Waals surface area (Å²) < 4.78 is 0. The highest BCUT2D eigenvalue weighted by Gasteiger charge is 2.43. The summed E-state index contributed by atoms with van der Waals surface area (Å²) >= 11 is 0. The van der Waals surface area contributed by atoms with Gasteiger partial charge >= 0.3 is 0 Å². The van der Waals surface area contributed by atoms with Gasteiger partial charge in [-0.05, 0) is 18.1 Å². The van der Waals surface area contributed by atoms with Crippen molar-refractivity contribution < 1.29 is 5.11 Å². The molecule has 0 radical (unpaired) electrons. The first-order chi connectivity index (χ1) is 9.27. The van der Waals surface area contributed by atoms with Crippen LogP contribution in [-0.4, -0.2) is 22.6 Å². The molecule has 98 valence electrons. The molecule has 0 aliphatic carbocycles. The Bertz CT molecular complexity index is 476. The van der Waals surface area contributed by atoms with E-state index in [-0.39, 0.29) is 12.1 Å². The molecule has 1 fully saturated rings. The molecule has 2 aromatic carbocycles. The Kier molecular flexibility index (Phi) is 3.36. The minimum absolute atomic E-state index is 0.248. The van der Waals surface area contributed by atoms with E-state index in [9.17, 15) is 5.11 Å². The molecule has 1 N–H and O–H groups in total. The summed E-state index contributed by atoms with van der Waals surface area (Å²) in [6.45, 7) is 3.17. The van der Waals surface area contributed by atoms with E-state index in [0.29, 0.717) is 6.04 Å². The average Bonchev–Trinajstić information content (AvgIpc) is 3.28. The number of aliphatic hydroxyl groups excluding tert-OH is 1. The fourth-order valence-corrected chi connectivity index (χ4v) is 2.69. The van der Waals surface area contributed by atoms with Crippen molar-refractivity contribution in [1.82, 2.24) is 4.90 Å². The van der Waals surface area contributed by atoms with Crippen LogP contribution in [0.1, 0.15) is 30.2 Å². The molecule has 2 aromatic rings. The first-order valence-corrected chi connectivity index (χ1v) is 6.81. The first kappa shape index (κ1) is 12.4. The quantitative estimate of drug-likeness (QED) is 0.846. The SMILES string of the molecule is CC(c1ccccc1)N1CC1C(O)c1ccccc1. The Hall–Kier alpha value is -1.64. The molecule has 1 aliphatic rings. The predicted octanol–water partition coefficient (Wildman–Crippen LogP) is 3.17. The van der Waals surface area contributed by atoms with Gasteiger partial charge < -0.3 is 5.11 Å².